The van der Waals surface area contributed by atoms with Gasteiger partial charge in [-0.3, -0.25) is 4.79 Å². The van der Waals surface area contributed by atoms with Crippen molar-refractivity contribution in [1.82, 2.24) is 5.32 Å². The van der Waals surface area contributed by atoms with E-state index >= 15 is 0 Å². The predicted molar refractivity (Wildman–Crippen MR) is 87.2 cm³/mol. The van der Waals surface area contributed by atoms with Gasteiger partial charge in [0.15, 0.2) is 0 Å². The summed E-state index contributed by atoms with van der Waals surface area (Å²) in [6, 6.07) is 15.5. The minimum absolute atomic E-state index is 0.0625. The third-order valence-corrected chi connectivity index (χ3v) is 3.82. The molecule has 2 rings (SSSR count). The van der Waals surface area contributed by atoms with Gasteiger partial charge in [-0.15, -0.1) is 11.8 Å². The first kappa shape index (κ1) is 15.4. The predicted octanol–water partition coefficient (Wildman–Crippen LogP) is 3.53. The number of carbonyl (C=O) groups excluding carboxylic acids is 1. The number of carbonyl (C=O) groups is 1. The highest BCUT2D eigenvalue weighted by molar-refractivity contribution is 7.98. The molecule has 2 aromatic carbocycles. The van der Waals surface area contributed by atoms with Gasteiger partial charge in [0.1, 0.15) is 12.4 Å². The highest BCUT2D eigenvalue weighted by atomic mass is 32.2. The third kappa shape index (κ3) is 4.53. The largest absolute Gasteiger partial charge is 0.492 e. The average molecular weight is 301 g/mol. The lowest BCUT2D eigenvalue weighted by Crippen LogP contribution is -2.28. The van der Waals surface area contributed by atoms with Gasteiger partial charge in [-0.25, -0.2) is 0 Å². The summed E-state index contributed by atoms with van der Waals surface area (Å²) in [5.41, 5.74) is 1.91. The van der Waals surface area contributed by atoms with Crippen LogP contribution in [0.2, 0.25) is 0 Å². The molecule has 21 heavy (non-hydrogen) atoms. The average Bonchev–Trinajstić information content (AvgIpc) is 2.53. The number of benzene rings is 2. The lowest BCUT2D eigenvalue weighted by atomic mass is 10.2. The maximum atomic E-state index is 12.1. The second-order valence-corrected chi connectivity index (χ2v) is 5.47. The second kappa shape index (κ2) is 7.74. The molecule has 0 heterocycles. The van der Waals surface area contributed by atoms with Crippen LogP contribution < -0.4 is 10.1 Å². The Hall–Kier alpha value is -1.94. The van der Waals surface area contributed by atoms with Crippen LogP contribution in [0.5, 0.6) is 5.75 Å². The maximum absolute atomic E-state index is 12.1. The smallest absolute Gasteiger partial charge is 0.252 e. The summed E-state index contributed by atoms with van der Waals surface area (Å²) in [4.78, 5) is 13.1. The Morgan fingerprint density at radius 3 is 2.57 bits per heavy atom. The minimum atomic E-state index is -0.0625. The normalized spacial score (nSPS) is 10.2. The summed E-state index contributed by atoms with van der Waals surface area (Å²) < 4.78 is 5.58. The lowest BCUT2D eigenvalue weighted by Gasteiger charge is -2.09. The molecule has 110 valence electrons. The molecule has 0 spiro atoms. The molecule has 1 N–H and O–H groups in total. The topological polar surface area (TPSA) is 38.3 Å². The fourth-order valence-electron chi connectivity index (χ4n) is 1.90. The van der Waals surface area contributed by atoms with Crippen molar-refractivity contribution in [3.63, 3.8) is 0 Å². The zero-order valence-electron chi connectivity index (χ0n) is 12.3. The zero-order valence-corrected chi connectivity index (χ0v) is 13.1. The van der Waals surface area contributed by atoms with E-state index in [0.717, 1.165) is 10.6 Å². The van der Waals surface area contributed by atoms with E-state index in [4.69, 9.17) is 4.74 Å². The van der Waals surface area contributed by atoms with Gasteiger partial charge in [-0.05, 0) is 37.4 Å². The van der Waals surface area contributed by atoms with Gasteiger partial charge in [0.05, 0.1) is 12.1 Å². The SMILES string of the molecule is CSc1ccccc1C(=O)NCCOc1ccc(C)cc1. The van der Waals surface area contributed by atoms with E-state index in [2.05, 4.69) is 5.32 Å². The minimum Gasteiger partial charge on any atom is -0.492 e. The van der Waals surface area contributed by atoms with Crippen molar-refractivity contribution in [2.75, 3.05) is 19.4 Å². The molecule has 0 bridgehead atoms. The van der Waals surface area contributed by atoms with Gasteiger partial charge >= 0.3 is 0 Å². The highest BCUT2D eigenvalue weighted by Gasteiger charge is 2.09. The van der Waals surface area contributed by atoms with Crippen molar-refractivity contribution in [3.05, 3.63) is 59.7 Å². The molecule has 2 aromatic rings. The van der Waals surface area contributed by atoms with E-state index in [1.54, 1.807) is 11.8 Å². The van der Waals surface area contributed by atoms with Crippen LogP contribution >= 0.6 is 11.8 Å². The summed E-state index contributed by atoms with van der Waals surface area (Å²) in [5, 5.41) is 2.88. The Morgan fingerprint density at radius 1 is 1.14 bits per heavy atom. The molecule has 1 amide bonds. The van der Waals surface area contributed by atoms with Crippen molar-refractivity contribution in [3.8, 4) is 5.75 Å². The molecule has 0 aromatic heterocycles. The fraction of sp³-hybridized carbons (Fsp3) is 0.235. The molecule has 0 atom stereocenters. The Kier molecular flexibility index (Phi) is 5.69. The first-order valence-corrected chi connectivity index (χ1v) is 8.04. The molecule has 0 aliphatic carbocycles. The number of hydrogen-bond acceptors (Lipinski definition) is 3. The molecule has 0 fully saturated rings. The monoisotopic (exact) mass is 301 g/mol. The second-order valence-electron chi connectivity index (χ2n) is 4.62. The van der Waals surface area contributed by atoms with Crippen LogP contribution in [0, 0.1) is 6.92 Å². The van der Waals surface area contributed by atoms with Gasteiger partial charge < -0.3 is 10.1 Å². The van der Waals surface area contributed by atoms with Crippen LogP contribution in [0.1, 0.15) is 15.9 Å². The van der Waals surface area contributed by atoms with Crippen LogP contribution in [-0.4, -0.2) is 25.3 Å². The van der Waals surface area contributed by atoms with Crippen LogP contribution in [0.4, 0.5) is 0 Å². The van der Waals surface area contributed by atoms with Crippen molar-refractivity contribution in [1.29, 1.82) is 0 Å². The number of aryl methyl sites for hydroxylation is 1. The molecule has 0 radical (unpaired) electrons. The first-order valence-electron chi connectivity index (χ1n) is 6.81. The number of thioether (sulfide) groups is 1. The van der Waals surface area contributed by atoms with Gasteiger partial charge in [-0.2, -0.15) is 0 Å². The maximum Gasteiger partial charge on any atom is 0.252 e. The first-order chi connectivity index (χ1) is 10.2. The zero-order chi connectivity index (χ0) is 15.1. The van der Waals surface area contributed by atoms with E-state index in [-0.39, 0.29) is 5.91 Å². The van der Waals surface area contributed by atoms with Crippen molar-refractivity contribution < 1.29 is 9.53 Å². The summed E-state index contributed by atoms with van der Waals surface area (Å²) in [6.45, 7) is 2.97. The van der Waals surface area contributed by atoms with Crippen LogP contribution in [-0.2, 0) is 0 Å². The molecule has 0 aliphatic heterocycles. The number of rotatable bonds is 6. The standard InChI is InChI=1S/C17H19NO2S/c1-13-7-9-14(10-8-13)20-12-11-18-17(19)15-5-3-4-6-16(15)21-2/h3-10H,11-12H2,1-2H3,(H,18,19). The summed E-state index contributed by atoms with van der Waals surface area (Å²) in [5.74, 6) is 0.756. The Morgan fingerprint density at radius 2 is 1.86 bits per heavy atom. The van der Waals surface area contributed by atoms with Gasteiger partial charge in [0.25, 0.3) is 5.91 Å². The molecular weight excluding hydrogens is 282 g/mol. The van der Waals surface area contributed by atoms with E-state index in [9.17, 15) is 4.79 Å². The van der Waals surface area contributed by atoms with E-state index in [1.807, 2.05) is 61.7 Å². The number of ether oxygens (including phenoxy) is 1. The molecule has 0 saturated carbocycles. The van der Waals surface area contributed by atoms with E-state index < -0.39 is 0 Å². The summed E-state index contributed by atoms with van der Waals surface area (Å²) >= 11 is 1.57. The summed E-state index contributed by atoms with van der Waals surface area (Å²) in [6.07, 6.45) is 1.96. The number of hydrogen-bond donors (Lipinski definition) is 1. The van der Waals surface area contributed by atoms with Crippen molar-refractivity contribution in [2.45, 2.75) is 11.8 Å². The lowest BCUT2D eigenvalue weighted by molar-refractivity contribution is 0.0944. The fourth-order valence-corrected chi connectivity index (χ4v) is 2.49. The van der Waals surface area contributed by atoms with Crippen LogP contribution in [0.15, 0.2) is 53.4 Å². The van der Waals surface area contributed by atoms with Gasteiger partial charge in [0, 0.05) is 4.90 Å². The van der Waals surface area contributed by atoms with Crippen molar-refractivity contribution >= 4 is 17.7 Å². The Balaban J connectivity index is 1.80. The summed E-state index contributed by atoms with van der Waals surface area (Å²) in [7, 11) is 0. The van der Waals surface area contributed by atoms with E-state index in [0.29, 0.717) is 18.7 Å². The Labute approximate surface area is 129 Å². The Bertz CT molecular complexity index is 596. The highest BCUT2D eigenvalue weighted by Crippen LogP contribution is 2.19. The van der Waals surface area contributed by atoms with Gasteiger partial charge in [-0.1, -0.05) is 29.8 Å². The molecule has 3 nitrogen and oxygen atoms in total. The van der Waals surface area contributed by atoms with E-state index in [1.165, 1.54) is 5.56 Å². The number of nitrogens with one attached hydrogen (secondary N) is 1. The quantitative estimate of drug-likeness (QED) is 0.655. The number of amides is 1. The van der Waals surface area contributed by atoms with Crippen LogP contribution in [0.3, 0.4) is 0 Å². The molecule has 0 aliphatic rings. The van der Waals surface area contributed by atoms with Gasteiger partial charge in [0.2, 0.25) is 0 Å². The molecule has 4 heteroatoms. The molecule has 0 unspecified atom stereocenters. The molecule has 0 saturated heterocycles. The third-order valence-electron chi connectivity index (χ3n) is 3.03. The van der Waals surface area contributed by atoms with Crippen LogP contribution in [0.25, 0.3) is 0 Å². The van der Waals surface area contributed by atoms with Crippen molar-refractivity contribution in [2.24, 2.45) is 0 Å². The molecular formula is C17H19NO2S.